The molecule has 2 nitrogen and oxygen atoms in total. The van der Waals surface area contributed by atoms with Gasteiger partial charge >= 0.3 is 0 Å². The van der Waals surface area contributed by atoms with Gasteiger partial charge in [0, 0.05) is 17.2 Å². The highest BCUT2D eigenvalue weighted by Gasteiger charge is 2.53. The molecule has 202 valence electrons. The van der Waals surface area contributed by atoms with Crippen molar-refractivity contribution in [2.75, 3.05) is 19.3 Å². The highest BCUT2D eigenvalue weighted by molar-refractivity contribution is 7.61. The van der Waals surface area contributed by atoms with Crippen LogP contribution in [0.1, 0.15) is 67.2 Å². The Bertz CT molecular complexity index is 795. The molecule has 0 aromatic rings. The minimum Gasteiger partial charge on any atom is -0.313 e. The van der Waals surface area contributed by atoms with Crippen molar-refractivity contribution < 1.29 is 0 Å². The predicted molar refractivity (Wildman–Crippen MR) is 171 cm³/mol. The maximum Gasteiger partial charge on any atom is 0.0728 e. The molecule has 0 saturated carbocycles. The van der Waals surface area contributed by atoms with E-state index in [0.29, 0.717) is 27.9 Å². The molecule has 3 rings (SSSR count). The molecule has 2 heterocycles. The van der Waals surface area contributed by atoms with Crippen LogP contribution in [0, 0.1) is 0 Å². The zero-order chi connectivity index (χ0) is 26.6. The van der Waals surface area contributed by atoms with Crippen LogP contribution in [-0.4, -0.2) is 63.0 Å². The lowest BCUT2D eigenvalue weighted by Crippen LogP contribution is -2.56. The van der Waals surface area contributed by atoms with Crippen molar-refractivity contribution >= 4 is 33.3 Å². The van der Waals surface area contributed by atoms with E-state index >= 15 is 0 Å². The summed E-state index contributed by atoms with van der Waals surface area (Å²) in [4.78, 5) is 0. The van der Waals surface area contributed by atoms with Crippen LogP contribution < -0.4 is 10.6 Å². The van der Waals surface area contributed by atoms with Crippen LogP contribution in [0.15, 0.2) is 22.4 Å². The van der Waals surface area contributed by atoms with Crippen molar-refractivity contribution in [1.29, 1.82) is 0 Å². The Hall–Kier alpha value is 0.694. The van der Waals surface area contributed by atoms with Crippen LogP contribution in [0.2, 0.25) is 44.8 Å². The van der Waals surface area contributed by atoms with Gasteiger partial charge in [-0.15, -0.1) is 9.24 Å². The summed E-state index contributed by atoms with van der Waals surface area (Å²) in [6.07, 6.45) is 9.37. The molecule has 2 saturated heterocycles. The van der Waals surface area contributed by atoms with E-state index in [2.05, 4.69) is 107 Å². The zero-order valence-corrected chi connectivity index (χ0v) is 29.3. The molecule has 2 fully saturated rings. The second kappa shape index (κ2) is 10.3. The molecule has 3 aliphatic rings. The number of allylic oxidation sites excluding steroid dienone is 3. The van der Waals surface area contributed by atoms with Gasteiger partial charge in [-0.2, -0.15) is 0 Å². The summed E-state index contributed by atoms with van der Waals surface area (Å²) in [6.45, 7) is 33.2. The SMILES string of the molecule is CC(C)(C)P(CC1=C(C(P)(C2CCCN2)C2CCCN2)C=C([Si](C)(C)C)C1[Si](C)(C)C)C(C)(C)C. The lowest BCUT2D eigenvalue weighted by Gasteiger charge is -2.47. The topological polar surface area (TPSA) is 24.1 Å². The van der Waals surface area contributed by atoms with E-state index in [1.165, 1.54) is 44.9 Å². The number of rotatable bonds is 7. The third kappa shape index (κ3) is 6.30. The quantitative estimate of drug-likeness (QED) is 0.247. The van der Waals surface area contributed by atoms with E-state index in [0.717, 1.165) is 0 Å². The third-order valence-electron chi connectivity index (χ3n) is 8.73. The smallest absolute Gasteiger partial charge is 0.0728 e. The minimum atomic E-state index is -1.48. The van der Waals surface area contributed by atoms with E-state index in [9.17, 15) is 0 Å². The molecule has 4 unspecified atom stereocenters. The molecule has 0 aromatic heterocycles. The summed E-state index contributed by atoms with van der Waals surface area (Å²) in [6, 6.07) is 1.12. The molecular weight excluding hydrogens is 494 g/mol. The lowest BCUT2D eigenvalue weighted by atomic mass is 9.80. The van der Waals surface area contributed by atoms with Gasteiger partial charge in [0.25, 0.3) is 0 Å². The molecule has 2 aliphatic heterocycles. The van der Waals surface area contributed by atoms with Crippen LogP contribution >= 0.6 is 17.2 Å². The third-order valence-corrected chi connectivity index (χ3v) is 18.6. The van der Waals surface area contributed by atoms with Gasteiger partial charge in [0.15, 0.2) is 0 Å². The molecule has 4 atom stereocenters. The standard InChI is InChI=1S/C29H58N2P2Si2/c1-27(2,3)33(28(4,5)6)20-21-22(19-23(34(7,8)9)26(21)35(10,11)12)29(32,24-15-13-17-30-24)25-16-14-18-31-25/h19,24-26,30-31H,13-18,20,32H2,1-12H3. The zero-order valence-electron chi connectivity index (χ0n) is 25.3. The van der Waals surface area contributed by atoms with E-state index in [-0.39, 0.29) is 13.1 Å². The summed E-state index contributed by atoms with van der Waals surface area (Å²) in [5, 5.41) is 10.6. The molecule has 0 bridgehead atoms. The first-order chi connectivity index (χ1) is 15.8. The summed E-state index contributed by atoms with van der Waals surface area (Å²) in [5.74, 6) is 0. The van der Waals surface area contributed by atoms with Crippen LogP contribution in [-0.2, 0) is 0 Å². The summed E-state index contributed by atoms with van der Waals surface area (Å²) in [5.41, 5.74) is 4.32. The number of hydrogen-bond acceptors (Lipinski definition) is 2. The fourth-order valence-corrected chi connectivity index (χ4v) is 18.5. The van der Waals surface area contributed by atoms with Crippen molar-refractivity contribution in [2.45, 2.75) is 140 Å². The molecule has 0 amide bonds. The van der Waals surface area contributed by atoms with Crippen LogP contribution in [0.5, 0.6) is 0 Å². The molecule has 6 heteroatoms. The first kappa shape index (κ1) is 30.2. The van der Waals surface area contributed by atoms with E-state index < -0.39 is 16.1 Å². The maximum absolute atomic E-state index is 4.00. The Labute approximate surface area is 224 Å². The molecular formula is C29H58N2P2Si2. The lowest BCUT2D eigenvalue weighted by molar-refractivity contribution is 0.390. The summed E-state index contributed by atoms with van der Waals surface area (Å²) in [7, 11) is 0.392. The molecule has 0 aromatic carbocycles. The van der Waals surface area contributed by atoms with E-state index in [1.54, 1.807) is 5.57 Å². The Morgan fingerprint density at radius 2 is 1.31 bits per heavy atom. The Balaban J connectivity index is 2.29. The van der Waals surface area contributed by atoms with Gasteiger partial charge < -0.3 is 10.6 Å². The Morgan fingerprint density at radius 3 is 1.63 bits per heavy atom. The first-order valence-corrected chi connectivity index (χ1v) is 23.5. The van der Waals surface area contributed by atoms with Gasteiger partial charge in [-0.05, 0) is 66.4 Å². The second-order valence-corrected chi connectivity index (χ2v) is 30.9. The van der Waals surface area contributed by atoms with Gasteiger partial charge in [-0.1, -0.05) is 106 Å². The molecule has 0 spiro atoms. The van der Waals surface area contributed by atoms with Gasteiger partial charge in [-0.25, -0.2) is 0 Å². The van der Waals surface area contributed by atoms with Crippen LogP contribution in [0.4, 0.5) is 0 Å². The molecule has 2 N–H and O–H groups in total. The van der Waals surface area contributed by atoms with Crippen LogP contribution in [0.3, 0.4) is 0 Å². The van der Waals surface area contributed by atoms with Crippen molar-refractivity contribution in [3.8, 4) is 0 Å². The van der Waals surface area contributed by atoms with Crippen molar-refractivity contribution in [3.05, 3.63) is 22.4 Å². The average molecular weight is 553 g/mol. The summed E-state index contributed by atoms with van der Waals surface area (Å²) < 4.78 is 0. The van der Waals surface area contributed by atoms with Gasteiger partial charge in [0.1, 0.15) is 0 Å². The first-order valence-electron chi connectivity index (χ1n) is 14.3. The molecule has 35 heavy (non-hydrogen) atoms. The van der Waals surface area contributed by atoms with E-state index in [4.69, 9.17) is 0 Å². The largest absolute Gasteiger partial charge is 0.313 e. The highest BCUT2D eigenvalue weighted by atomic mass is 31.1. The summed E-state index contributed by atoms with van der Waals surface area (Å²) >= 11 is 0. The van der Waals surface area contributed by atoms with Gasteiger partial charge in [0.05, 0.1) is 16.1 Å². The fraction of sp³-hybridized carbons (Fsp3) is 0.862. The van der Waals surface area contributed by atoms with Crippen LogP contribution in [0.25, 0.3) is 0 Å². The predicted octanol–water partition coefficient (Wildman–Crippen LogP) is 8.01. The molecule has 1 aliphatic carbocycles. The second-order valence-electron chi connectivity index (χ2n) is 15.7. The van der Waals surface area contributed by atoms with E-state index in [1.807, 2.05) is 10.8 Å². The number of nitrogens with one attached hydrogen (secondary N) is 2. The Kier molecular flexibility index (Phi) is 8.94. The normalized spacial score (nSPS) is 28.7. The van der Waals surface area contributed by atoms with Gasteiger partial charge in [-0.3, -0.25) is 0 Å². The Morgan fingerprint density at radius 1 is 0.857 bits per heavy atom. The highest BCUT2D eigenvalue weighted by Crippen LogP contribution is 2.64. The molecule has 0 radical (unpaired) electrons. The number of hydrogen-bond donors (Lipinski definition) is 2. The van der Waals surface area contributed by atoms with Gasteiger partial charge in [0.2, 0.25) is 0 Å². The van der Waals surface area contributed by atoms with Crippen molar-refractivity contribution in [2.24, 2.45) is 0 Å². The monoisotopic (exact) mass is 552 g/mol. The fourth-order valence-electron chi connectivity index (χ4n) is 7.35. The average Bonchev–Trinajstić information content (AvgIpc) is 3.43. The maximum atomic E-state index is 4.00. The van der Waals surface area contributed by atoms with Crippen molar-refractivity contribution in [1.82, 2.24) is 10.6 Å². The minimum absolute atomic E-state index is 0.0956. The van der Waals surface area contributed by atoms with Crippen molar-refractivity contribution in [3.63, 3.8) is 0 Å².